The maximum Gasteiger partial charge on any atom is 0.244 e. The molecule has 1 unspecified atom stereocenters. The molecule has 8 nitrogen and oxygen atoms in total. The van der Waals surface area contributed by atoms with Gasteiger partial charge >= 0.3 is 0 Å². The van der Waals surface area contributed by atoms with Gasteiger partial charge in [0.05, 0.1) is 17.7 Å². The Bertz CT molecular complexity index is 784. The molecule has 2 aromatic rings. The summed E-state index contributed by atoms with van der Waals surface area (Å²) in [4.78, 5) is 10.4. The minimum atomic E-state index is -2.94. The van der Waals surface area contributed by atoms with Crippen LogP contribution in [0.1, 0.15) is 18.9 Å². The van der Waals surface area contributed by atoms with Crippen LogP contribution in [0.4, 0.5) is 11.8 Å². The first kappa shape index (κ1) is 16.6. The molecule has 2 aromatic heterocycles. The van der Waals surface area contributed by atoms with E-state index in [9.17, 15) is 8.42 Å². The van der Waals surface area contributed by atoms with Crippen molar-refractivity contribution >= 4 is 21.6 Å². The lowest BCUT2D eigenvalue weighted by molar-refractivity contribution is 0.599. The van der Waals surface area contributed by atoms with E-state index in [-0.39, 0.29) is 17.5 Å². The van der Waals surface area contributed by atoms with Gasteiger partial charge in [-0.2, -0.15) is 10.1 Å². The highest BCUT2D eigenvalue weighted by Gasteiger charge is 2.32. The lowest BCUT2D eigenvalue weighted by atomic mass is 10.2. The highest BCUT2D eigenvalue weighted by Crippen LogP contribution is 2.22. The fourth-order valence-electron chi connectivity index (χ4n) is 2.82. The predicted molar refractivity (Wildman–Crippen MR) is 91.5 cm³/mol. The lowest BCUT2D eigenvalue weighted by Gasteiger charge is -2.27. The molecule has 3 heterocycles. The smallest absolute Gasteiger partial charge is 0.244 e. The van der Waals surface area contributed by atoms with Gasteiger partial charge in [0.25, 0.3) is 0 Å². The number of aromatic nitrogens is 4. The Morgan fingerprint density at radius 1 is 1.33 bits per heavy atom. The fourth-order valence-corrected chi connectivity index (χ4v) is 4.55. The highest BCUT2D eigenvalue weighted by molar-refractivity contribution is 7.91. The number of nitrogens with one attached hydrogen (secondary N) is 1. The summed E-state index contributed by atoms with van der Waals surface area (Å²) in [5.41, 5.74) is 1.06. The second kappa shape index (κ2) is 7.08. The van der Waals surface area contributed by atoms with Gasteiger partial charge in [0.1, 0.15) is 0 Å². The van der Waals surface area contributed by atoms with Crippen molar-refractivity contribution in [3.05, 3.63) is 36.3 Å². The molecule has 1 aliphatic rings. The monoisotopic (exact) mass is 348 g/mol. The van der Waals surface area contributed by atoms with Gasteiger partial charge in [-0.15, -0.1) is 5.10 Å². The van der Waals surface area contributed by atoms with Crippen molar-refractivity contribution in [2.45, 2.75) is 25.9 Å². The largest absolute Gasteiger partial charge is 0.351 e. The van der Waals surface area contributed by atoms with E-state index in [4.69, 9.17) is 0 Å². The third-order valence-electron chi connectivity index (χ3n) is 4.03. The van der Waals surface area contributed by atoms with E-state index in [1.807, 2.05) is 24.0 Å². The minimum Gasteiger partial charge on any atom is -0.351 e. The number of hydrogen-bond acceptors (Lipinski definition) is 8. The van der Waals surface area contributed by atoms with Crippen LogP contribution < -0.4 is 10.2 Å². The molecular formula is C15H20N6O2S. The Balaban J connectivity index is 1.71. The Kier molecular flexibility index (Phi) is 4.89. The highest BCUT2D eigenvalue weighted by atomic mass is 32.2. The van der Waals surface area contributed by atoms with E-state index in [0.29, 0.717) is 31.3 Å². The summed E-state index contributed by atoms with van der Waals surface area (Å²) in [6.07, 6.45) is 5.66. The average Bonchev–Trinajstić information content (AvgIpc) is 2.95. The van der Waals surface area contributed by atoms with Gasteiger partial charge in [-0.3, -0.25) is 4.98 Å². The van der Waals surface area contributed by atoms with E-state index in [0.717, 1.165) is 5.56 Å². The first-order chi connectivity index (χ1) is 11.6. The van der Waals surface area contributed by atoms with Crippen LogP contribution in [-0.2, 0) is 16.4 Å². The number of rotatable bonds is 6. The van der Waals surface area contributed by atoms with E-state index in [1.54, 1.807) is 18.6 Å². The molecule has 0 saturated carbocycles. The summed E-state index contributed by atoms with van der Waals surface area (Å²) in [5.74, 6) is 1.47. The van der Waals surface area contributed by atoms with Crippen molar-refractivity contribution in [2.75, 3.05) is 28.3 Å². The molecule has 1 atom stereocenters. The fraction of sp³-hybridized carbons (Fsp3) is 0.467. The predicted octanol–water partition coefficient (Wildman–Crippen LogP) is 0.892. The lowest BCUT2D eigenvalue weighted by Crippen LogP contribution is -2.37. The maximum atomic E-state index is 11.7. The Hall–Kier alpha value is -2.29. The number of anilines is 2. The summed E-state index contributed by atoms with van der Waals surface area (Å²) in [6.45, 7) is 3.22. The number of hydrogen-bond donors (Lipinski definition) is 1. The quantitative estimate of drug-likeness (QED) is 0.821. The van der Waals surface area contributed by atoms with Crippen LogP contribution in [0, 0.1) is 0 Å². The summed E-state index contributed by atoms with van der Waals surface area (Å²) in [6, 6.07) is 3.77. The van der Waals surface area contributed by atoms with Crippen LogP contribution in [-0.4, -0.2) is 52.7 Å². The van der Waals surface area contributed by atoms with E-state index < -0.39 is 9.84 Å². The molecule has 1 N–H and O–H groups in total. The summed E-state index contributed by atoms with van der Waals surface area (Å²) >= 11 is 0. The summed E-state index contributed by atoms with van der Waals surface area (Å²) in [7, 11) is -2.94. The van der Waals surface area contributed by atoms with Crippen molar-refractivity contribution < 1.29 is 8.42 Å². The molecule has 0 aromatic carbocycles. The molecule has 9 heteroatoms. The first-order valence-electron chi connectivity index (χ1n) is 7.87. The zero-order chi connectivity index (χ0) is 17.0. The van der Waals surface area contributed by atoms with Crippen molar-refractivity contribution in [1.82, 2.24) is 20.2 Å². The average molecular weight is 348 g/mol. The SMILES string of the molecule is CCN(c1cnnc(NCc2ccncc2)n1)C1CCS(=O)(=O)C1. The molecule has 0 spiro atoms. The number of sulfone groups is 1. The second-order valence-electron chi connectivity index (χ2n) is 5.69. The third kappa shape index (κ3) is 3.97. The van der Waals surface area contributed by atoms with Gasteiger partial charge in [-0.1, -0.05) is 0 Å². The molecule has 1 fully saturated rings. The van der Waals surface area contributed by atoms with Crippen LogP contribution in [0.15, 0.2) is 30.7 Å². The van der Waals surface area contributed by atoms with Crippen molar-refractivity contribution in [1.29, 1.82) is 0 Å². The molecule has 24 heavy (non-hydrogen) atoms. The molecular weight excluding hydrogens is 328 g/mol. The van der Waals surface area contributed by atoms with Crippen LogP contribution in [0.5, 0.6) is 0 Å². The van der Waals surface area contributed by atoms with Gasteiger partial charge in [-0.25, -0.2) is 8.42 Å². The molecule has 0 radical (unpaired) electrons. The standard InChI is InChI=1S/C15H20N6O2S/c1-2-21(13-5-8-24(22,23)11-13)14-10-18-20-15(19-14)17-9-12-3-6-16-7-4-12/h3-4,6-7,10,13H,2,5,8-9,11H2,1H3,(H,17,19,20). The number of pyridine rings is 1. The Morgan fingerprint density at radius 3 is 2.79 bits per heavy atom. The Morgan fingerprint density at radius 2 is 2.12 bits per heavy atom. The van der Waals surface area contributed by atoms with E-state index in [1.165, 1.54) is 0 Å². The molecule has 0 aliphatic carbocycles. The minimum absolute atomic E-state index is 0.0512. The van der Waals surface area contributed by atoms with Crippen molar-refractivity contribution in [2.24, 2.45) is 0 Å². The van der Waals surface area contributed by atoms with Crippen LogP contribution in [0.2, 0.25) is 0 Å². The maximum absolute atomic E-state index is 11.7. The first-order valence-corrected chi connectivity index (χ1v) is 9.69. The van der Waals surface area contributed by atoms with Gasteiger partial charge < -0.3 is 10.2 Å². The van der Waals surface area contributed by atoms with E-state index in [2.05, 4.69) is 25.5 Å². The third-order valence-corrected chi connectivity index (χ3v) is 5.78. The molecule has 128 valence electrons. The van der Waals surface area contributed by atoms with Gasteiger partial charge in [0, 0.05) is 31.5 Å². The van der Waals surface area contributed by atoms with Crippen LogP contribution >= 0.6 is 0 Å². The van der Waals surface area contributed by atoms with Crippen LogP contribution in [0.3, 0.4) is 0 Å². The van der Waals surface area contributed by atoms with Gasteiger partial charge in [0.2, 0.25) is 5.95 Å². The molecule has 0 amide bonds. The zero-order valence-corrected chi connectivity index (χ0v) is 14.3. The molecule has 0 bridgehead atoms. The van der Waals surface area contributed by atoms with Crippen molar-refractivity contribution in [3.63, 3.8) is 0 Å². The summed E-state index contributed by atoms with van der Waals surface area (Å²) < 4.78 is 23.5. The molecule has 1 saturated heterocycles. The van der Waals surface area contributed by atoms with Gasteiger partial charge in [-0.05, 0) is 31.0 Å². The van der Waals surface area contributed by atoms with Crippen LogP contribution in [0.25, 0.3) is 0 Å². The Labute approximate surface area is 141 Å². The van der Waals surface area contributed by atoms with E-state index >= 15 is 0 Å². The molecule has 1 aliphatic heterocycles. The zero-order valence-electron chi connectivity index (χ0n) is 13.5. The normalized spacial score (nSPS) is 19.1. The topological polar surface area (TPSA) is 101 Å². The second-order valence-corrected chi connectivity index (χ2v) is 7.92. The summed E-state index contributed by atoms with van der Waals surface area (Å²) in [5, 5.41) is 11.1. The van der Waals surface area contributed by atoms with Crippen molar-refractivity contribution in [3.8, 4) is 0 Å². The molecule has 3 rings (SSSR count). The number of nitrogens with zero attached hydrogens (tertiary/aromatic N) is 5. The van der Waals surface area contributed by atoms with Gasteiger partial charge in [0.15, 0.2) is 15.7 Å².